The average molecular weight is 411 g/mol. The predicted octanol–water partition coefficient (Wildman–Crippen LogP) is 5.49. The summed E-state index contributed by atoms with van der Waals surface area (Å²) in [6.45, 7) is 18.7. The zero-order chi connectivity index (χ0) is 18.6. The maximum atomic E-state index is 6.13. The van der Waals surface area contributed by atoms with E-state index in [1.807, 2.05) is 0 Å². The molecule has 1 aromatic rings. The summed E-state index contributed by atoms with van der Waals surface area (Å²) in [6, 6.07) is 4.35. The minimum absolute atomic E-state index is 0.252. The summed E-state index contributed by atoms with van der Waals surface area (Å²) in [5.74, 6) is 1.62. The van der Waals surface area contributed by atoms with Gasteiger partial charge in [0.15, 0.2) is 0 Å². The number of halogens is 1. The summed E-state index contributed by atoms with van der Waals surface area (Å²) >= 11 is 3.73. The van der Waals surface area contributed by atoms with Gasteiger partial charge in [0.1, 0.15) is 5.75 Å². The minimum atomic E-state index is 0.252. The molecule has 1 saturated heterocycles. The van der Waals surface area contributed by atoms with E-state index in [1.165, 1.54) is 24.1 Å². The summed E-state index contributed by atoms with van der Waals surface area (Å²) in [4.78, 5) is 5.08. The quantitative estimate of drug-likeness (QED) is 0.615. The molecule has 1 aliphatic heterocycles. The Morgan fingerprint density at radius 2 is 1.68 bits per heavy atom. The van der Waals surface area contributed by atoms with Crippen LogP contribution in [-0.2, 0) is 0 Å². The third-order valence-electron chi connectivity index (χ3n) is 5.50. The van der Waals surface area contributed by atoms with Gasteiger partial charge in [0.25, 0.3) is 0 Å². The standard InChI is InChI=1S/C21H35BrN2O/c1-7-17(8-2)15-25-18-13-19(22)16(3)20(14-18)23-9-11-24(12-10-23)21(4,5)6/h13-14,17H,7-12,15H2,1-6H3. The number of piperazine rings is 1. The Balaban J connectivity index is 2.10. The molecule has 0 unspecified atom stereocenters. The number of anilines is 1. The lowest BCUT2D eigenvalue weighted by atomic mass is 10.0. The van der Waals surface area contributed by atoms with Gasteiger partial charge in [0.05, 0.1) is 6.61 Å². The van der Waals surface area contributed by atoms with E-state index in [1.54, 1.807) is 0 Å². The van der Waals surface area contributed by atoms with Crippen molar-refractivity contribution in [3.63, 3.8) is 0 Å². The molecular formula is C21H35BrN2O. The molecule has 142 valence electrons. The third-order valence-corrected chi connectivity index (χ3v) is 6.32. The largest absolute Gasteiger partial charge is 0.493 e. The van der Waals surface area contributed by atoms with Gasteiger partial charge in [-0.05, 0) is 45.2 Å². The zero-order valence-electron chi connectivity index (χ0n) is 16.9. The van der Waals surface area contributed by atoms with Crippen LogP contribution >= 0.6 is 15.9 Å². The van der Waals surface area contributed by atoms with Crippen LogP contribution in [0, 0.1) is 12.8 Å². The molecule has 4 heteroatoms. The van der Waals surface area contributed by atoms with Crippen LogP contribution in [0.1, 0.15) is 53.0 Å². The third kappa shape index (κ3) is 5.37. The summed E-state index contributed by atoms with van der Waals surface area (Å²) in [5.41, 5.74) is 2.86. The van der Waals surface area contributed by atoms with E-state index >= 15 is 0 Å². The van der Waals surface area contributed by atoms with Crippen LogP contribution in [0.25, 0.3) is 0 Å². The predicted molar refractivity (Wildman–Crippen MR) is 112 cm³/mol. The molecule has 0 bridgehead atoms. The Morgan fingerprint density at radius 3 is 2.20 bits per heavy atom. The molecule has 0 atom stereocenters. The van der Waals surface area contributed by atoms with E-state index in [-0.39, 0.29) is 5.54 Å². The number of nitrogens with zero attached hydrogens (tertiary/aromatic N) is 2. The van der Waals surface area contributed by atoms with Crippen molar-refractivity contribution in [3.05, 3.63) is 22.2 Å². The first-order chi connectivity index (χ1) is 11.8. The summed E-state index contributed by atoms with van der Waals surface area (Å²) in [5, 5.41) is 0. The molecule has 0 aliphatic carbocycles. The van der Waals surface area contributed by atoms with Gasteiger partial charge in [-0.2, -0.15) is 0 Å². The monoisotopic (exact) mass is 410 g/mol. The van der Waals surface area contributed by atoms with Crippen molar-refractivity contribution in [1.29, 1.82) is 0 Å². The molecule has 1 fully saturated rings. The maximum absolute atomic E-state index is 6.13. The van der Waals surface area contributed by atoms with E-state index in [2.05, 4.69) is 79.4 Å². The van der Waals surface area contributed by atoms with E-state index in [4.69, 9.17) is 4.74 Å². The lowest BCUT2D eigenvalue weighted by Gasteiger charge is -2.43. The molecule has 0 aromatic heterocycles. The number of hydrogen-bond acceptors (Lipinski definition) is 3. The molecule has 2 rings (SSSR count). The Labute approximate surface area is 162 Å². The lowest BCUT2D eigenvalue weighted by molar-refractivity contribution is 0.128. The van der Waals surface area contributed by atoms with Gasteiger partial charge in [0.2, 0.25) is 0 Å². The minimum Gasteiger partial charge on any atom is -0.493 e. The van der Waals surface area contributed by atoms with Crippen LogP contribution in [0.15, 0.2) is 16.6 Å². The van der Waals surface area contributed by atoms with Gasteiger partial charge in [-0.25, -0.2) is 0 Å². The molecule has 1 aliphatic rings. The van der Waals surface area contributed by atoms with Crippen molar-refractivity contribution in [2.75, 3.05) is 37.7 Å². The molecule has 3 nitrogen and oxygen atoms in total. The number of hydrogen-bond donors (Lipinski definition) is 0. The van der Waals surface area contributed by atoms with E-state index < -0.39 is 0 Å². The highest BCUT2D eigenvalue weighted by Gasteiger charge is 2.26. The van der Waals surface area contributed by atoms with Gasteiger partial charge in [-0.3, -0.25) is 4.90 Å². The topological polar surface area (TPSA) is 15.7 Å². The van der Waals surface area contributed by atoms with E-state index in [9.17, 15) is 0 Å². The molecule has 1 aromatic carbocycles. The second-order valence-corrected chi connectivity index (χ2v) is 9.04. The first kappa shape index (κ1) is 20.6. The molecule has 0 radical (unpaired) electrons. The Morgan fingerprint density at radius 1 is 1.08 bits per heavy atom. The highest BCUT2D eigenvalue weighted by atomic mass is 79.9. The van der Waals surface area contributed by atoms with Crippen LogP contribution in [-0.4, -0.2) is 43.2 Å². The van der Waals surface area contributed by atoms with Crippen LogP contribution in [0.3, 0.4) is 0 Å². The van der Waals surface area contributed by atoms with Gasteiger partial charge < -0.3 is 9.64 Å². The molecule has 0 amide bonds. The summed E-state index contributed by atoms with van der Waals surface area (Å²) in [6.07, 6.45) is 2.34. The molecule has 0 N–H and O–H groups in total. The first-order valence-corrected chi connectivity index (χ1v) is 10.5. The fourth-order valence-electron chi connectivity index (χ4n) is 3.41. The highest BCUT2D eigenvalue weighted by Crippen LogP contribution is 2.34. The van der Waals surface area contributed by atoms with Crippen molar-refractivity contribution >= 4 is 21.6 Å². The smallest absolute Gasteiger partial charge is 0.122 e. The van der Waals surface area contributed by atoms with E-state index in [0.717, 1.165) is 43.0 Å². The van der Waals surface area contributed by atoms with Crippen LogP contribution < -0.4 is 9.64 Å². The second kappa shape index (κ2) is 8.77. The number of rotatable bonds is 6. The zero-order valence-corrected chi connectivity index (χ0v) is 18.4. The summed E-state index contributed by atoms with van der Waals surface area (Å²) < 4.78 is 7.27. The Kier molecular flexibility index (Phi) is 7.21. The van der Waals surface area contributed by atoms with Crippen molar-refractivity contribution in [3.8, 4) is 5.75 Å². The molecular weight excluding hydrogens is 376 g/mol. The van der Waals surface area contributed by atoms with Gasteiger partial charge in [-0.1, -0.05) is 42.6 Å². The Hall–Kier alpha value is -0.740. The van der Waals surface area contributed by atoms with Crippen LogP contribution in [0.5, 0.6) is 5.75 Å². The maximum Gasteiger partial charge on any atom is 0.122 e. The van der Waals surface area contributed by atoms with Crippen LogP contribution in [0.2, 0.25) is 0 Å². The van der Waals surface area contributed by atoms with Crippen molar-refractivity contribution in [2.45, 2.75) is 59.9 Å². The Bertz CT molecular complexity index is 556. The van der Waals surface area contributed by atoms with Crippen molar-refractivity contribution in [2.24, 2.45) is 5.92 Å². The van der Waals surface area contributed by atoms with Gasteiger partial charge >= 0.3 is 0 Å². The fourth-order valence-corrected chi connectivity index (χ4v) is 3.84. The number of benzene rings is 1. The van der Waals surface area contributed by atoms with Crippen LogP contribution in [0.4, 0.5) is 5.69 Å². The first-order valence-electron chi connectivity index (χ1n) is 9.69. The lowest BCUT2D eigenvalue weighted by Crippen LogP contribution is -2.53. The van der Waals surface area contributed by atoms with Gasteiger partial charge in [-0.15, -0.1) is 0 Å². The fraction of sp³-hybridized carbons (Fsp3) is 0.714. The second-order valence-electron chi connectivity index (χ2n) is 8.19. The van der Waals surface area contributed by atoms with E-state index in [0.29, 0.717) is 5.92 Å². The van der Waals surface area contributed by atoms with Gasteiger partial charge in [0, 0.05) is 47.9 Å². The average Bonchev–Trinajstić information content (AvgIpc) is 2.58. The normalized spacial score (nSPS) is 16.6. The van der Waals surface area contributed by atoms with Crippen molar-refractivity contribution in [1.82, 2.24) is 4.90 Å². The summed E-state index contributed by atoms with van der Waals surface area (Å²) in [7, 11) is 0. The molecule has 0 saturated carbocycles. The molecule has 25 heavy (non-hydrogen) atoms. The SMILES string of the molecule is CCC(CC)COc1cc(Br)c(C)c(N2CCN(C(C)(C)C)CC2)c1. The number of ether oxygens (including phenoxy) is 1. The van der Waals surface area contributed by atoms with Crippen molar-refractivity contribution < 1.29 is 4.74 Å². The molecule has 1 heterocycles. The molecule has 0 spiro atoms. The highest BCUT2D eigenvalue weighted by molar-refractivity contribution is 9.10.